The highest BCUT2D eigenvalue weighted by molar-refractivity contribution is 9.10. The van der Waals surface area contributed by atoms with E-state index in [0.717, 1.165) is 36.2 Å². The first-order valence-corrected chi connectivity index (χ1v) is 9.02. The molecule has 22 heavy (non-hydrogen) atoms. The van der Waals surface area contributed by atoms with E-state index in [2.05, 4.69) is 38.7 Å². The summed E-state index contributed by atoms with van der Waals surface area (Å²) >= 11 is 5.38. The molecule has 1 fully saturated rings. The summed E-state index contributed by atoms with van der Waals surface area (Å²) in [5.41, 5.74) is 0. The molecule has 1 aliphatic heterocycles. The second kappa shape index (κ2) is 11.3. The molecule has 7 heteroatoms. The van der Waals surface area contributed by atoms with Crippen LogP contribution in [0.1, 0.15) is 12.8 Å². The molecule has 1 amide bonds. The molecule has 1 saturated heterocycles. The molecule has 124 valence electrons. The number of halogens is 2. The fourth-order valence-corrected chi connectivity index (χ4v) is 3.61. The number of thioether (sulfide) groups is 1. The van der Waals surface area contributed by atoms with E-state index in [4.69, 9.17) is 4.74 Å². The molecule has 0 spiro atoms. The zero-order valence-electron chi connectivity index (χ0n) is 12.3. The van der Waals surface area contributed by atoms with Gasteiger partial charge in [0, 0.05) is 29.0 Å². The predicted octanol–water partition coefficient (Wildman–Crippen LogP) is 2.85. The molecule has 0 bridgehead atoms. The third kappa shape index (κ3) is 6.87. The second-order valence-electron chi connectivity index (χ2n) is 4.84. The number of unbranched alkanes of at least 4 members (excludes halogenated alkanes) is 1. The minimum Gasteiger partial charge on any atom is -0.366 e. The third-order valence-corrected chi connectivity index (χ3v) is 5.30. The van der Waals surface area contributed by atoms with Crippen LogP contribution in [0.25, 0.3) is 0 Å². The maximum Gasteiger partial charge on any atom is 0.250 e. The number of morpholine rings is 1. The lowest BCUT2D eigenvalue weighted by molar-refractivity contribution is -0.134. The Bertz CT molecular complexity index is 459. The molecule has 1 unspecified atom stereocenters. The lowest BCUT2D eigenvalue weighted by Gasteiger charge is -2.22. The van der Waals surface area contributed by atoms with Crippen molar-refractivity contribution in [3.63, 3.8) is 0 Å². The molecule has 2 rings (SSSR count). The summed E-state index contributed by atoms with van der Waals surface area (Å²) in [6, 6.07) is 8.24. The molecule has 0 aliphatic carbocycles. The molecule has 1 aliphatic rings. The second-order valence-corrected chi connectivity index (χ2v) is 6.83. The van der Waals surface area contributed by atoms with E-state index in [1.807, 2.05) is 23.9 Å². The van der Waals surface area contributed by atoms with Gasteiger partial charge in [0.05, 0.1) is 6.61 Å². The van der Waals surface area contributed by atoms with Gasteiger partial charge in [-0.05, 0) is 46.7 Å². The van der Waals surface area contributed by atoms with Crippen LogP contribution in [0.15, 0.2) is 33.6 Å². The molecule has 1 atom stereocenters. The number of hydrogen-bond donors (Lipinski definition) is 2. The Morgan fingerprint density at radius 1 is 1.41 bits per heavy atom. The summed E-state index contributed by atoms with van der Waals surface area (Å²) in [6.07, 6.45) is 1.74. The van der Waals surface area contributed by atoms with Crippen LogP contribution in [0, 0.1) is 0 Å². The van der Waals surface area contributed by atoms with Gasteiger partial charge in [0.15, 0.2) is 0 Å². The van der Waals surface area contributed by atoms with Gasteiger partial charge >= 0.3 is 0 Å². The molecular weight excluding hydrogens is 388 g/mol. The molecule has 0 aromatic heterocycles. The third-order valence-electron chi connectivity index (χ3n) is 3.18. The predicted molar refractivity (Wildman–Crippen MR) is 97.0 cm³/mol. The summed E-state index contributed by atoms with van der Waals surface area (Å²) in [7, 11) is 0. The van der Waals surface area contributed by atoms with Gasteiger partial charge in [-0.2, -0.15) is 0 Å². The standard InChI is InChI=1S/C15H21BrN2O2S.ClH/c16-12-5-1-2-6-14(12)21-10-4-3-7-18-15(19)13-11-17-8-9-20-13;/h1-2,5-6,13,17H,3-4,7-11H2,(H,18,19);1H. The number of ether oxygens (including phenoxy) is 1. The van der Waals surface area contributed by atoms with E-state index in [9.17, 15) is 4.79 Å². The van der Waals surface area contributed by atoms with Crippen LogP contribution in [-0.4, -0.2) is 44.0 Å². The van der Waals surface area contributed by atoms with Crippen LogP contribution in [-0.2, 0) is 9.53 Å². The van der Waals surface area contributed by atoms with Crippen LogP contribution in [0.4, 0.5) is 0 Å². The number of nitrogens with one attached hydrogen (secondary N) is 2. The Balaban J connectivity index is 0.00000242. The first-order valence-electron chi connectivity index (χ1n) is 7.25. The van der Waals surface area contributed by atoms with Crippen LogP contribution >= 0.6 is 40.1 Å². The van der Waals surface area contributed by atoms with Crippen LogP contribution < -0.4 is 10.6 Å². The van der Waals surface area contributed by atoms with E-state index in [1.165, 1.54) is 4.90 Å². The van der Waals surface area contributed by atoms with Gasteiger partial charge < -0.3 is 15.4 Å². The van der Waals surface area contributed by atoms with Crippen molar-refractivity contribution < 1.29 is 9.53 Å². The van der Waals surface area contributed by atoms with E-state index in [-0.39, 0.29) is 24.4 Å². The number of carbonyl (C=O) groups excluding carboxylic acids is 1. The Labute approximate surface area is 150 Å². The lowest BCUT2D eigenvalue weighted by Crippen LogP contribution is -2.48. The molecule has 4 nitrogen and oxygen atoms in total. The van der Waals surface area contributed by atoms with Gasteiger partial charge in [-0.15, -0.1) is 24.2 Å². The van der Waals surface area contributed by atoms with Crippen LogP contribution in [0.2, 0.25) is 0 Å². The first-order chi connectivity index (χ1) is 10.3. The van der Waals surface area contributed by atoms with Crippen molar-refractivity contribution in [3.05, 3.63) is 28.7 Å². The lowest BCUT2D eigenvalue weighted by atomic mass is 10.2. The van der Waals surface area contributed by atoms with Gasteiger partial charge in [-0.25, -0.2) is 0 Å². The van der Waals surface area contributed by atoms with Gasteiger partial charge in [0.2, 0.25) is 5.91 Å². The smallest absolute Gasteiger partial charge is 0.250 e. The highest BCUT2D eigenvalue weighted by Gasteiger charge is 2.20. The number of hydrogen-bond acceptors (Lipinski definition) is 4. The molecule has 2 N–H and O–H groups in total. The van der Waals surface area contributed by atoms with Crippen molar-refractivity contribution in [2.45, 2.75) is 23.8 Å². The normalized spacial score (nSPS) is 17.6. The summed E-state index contributed by atoms with van der Waals surface area (Å²) in [4.78, 5) is 13.1. The van der Waals surface area contributed by atoms with Crippen molar-refractivity contribution in [2.75, 3.05) is 32.0 Å². The zero-order valence-corrected chi connectivity index (χ0v) is 15.6. The molecule has 0 radical (unpaired) electrons. The SMILES string of the molecule is Cl.O=C(NCCCCSc1ccccc1Br)C1CNCCO1. The molecule has 1 aromatic carbocycles. The van der Waals surface area contributed by atoms with E-state index >= 15 is 0 Å². The number of rotatable bonds is 7. The Morgan fingerprint density at radius 3 is 2.95 bits per heavy atom. The average molecular weight is 410 g/mol. The van der Waals surface area contributed by atoms with Crippen molar-refractivity contribution in [3.8, 4) is 0 Å². The van der Waals surface area contributed by atoms with Crippen molar-refractivity contribution >= 4 is 46.0 Å². The van der Waals surface area contributed by atoms with Gasteiger partial charge in [-0.3, -0.25) is 4.79 Å². The van der Waals surface area contributed by atoms with E-state index in [1.54, 1.807) is 0 Å². The van der Waals surface area contributed by atoms with E-state index < -0.39 is 0 Å². The number of benzene rings is 1. The summed E-state index contributed by atoms with van der Waals surface area (Å²) in [5, 5.41) is 6.10. The summed E-state index contributed by atoms with van der Waals surface area (Å²) in [6.45, 7) is 2.77. The summed E-state index contributed by atoms with van der Waals surface area (Å²) in [5.74, 6) is 1.06. The van der Waals surface area contributed by atoms with Gasteiger partial charge in [0.1, 0.15) is 6.10 Å². The van der Waals surface area contributed by atoms with Crippen molar-refractivity contribution in [1.29, 1.82) is 0 Å². The minimum absolute atomic E-state index is 0. The first kappa shape index (κ1) is 19.8. The topological polar surface area (TPSA) is 50.4 Å². The minimum atomic E-state index is -0.326. The van der Waals surface area contributed by atoms with Crippen LogP contribution in [0.5, 0.6) is 0 Å². The van der Waals surface area contributed by atoms with Gasteiger partial charge in [-0.1, -0.05) is 12.1 Å². The Hall–Kier alpha value is -0.270. The Morgan fingerprint density at radius 2 is 2.23 bits per heavy atom. The zero-order chi connectivity index (χ0) is 14.9. The quantitative estimate of drug-likeness (QED) is 0.537. The van der Waals surface area contributed by atoms with Crippen molar-refractivity contribution in [1.82, 2.24) is 10.6 Å². The number of carbonyl (C=O) groups is 1. The molecule has 1 aromatic rings. The maximum absolute atomic E-state index is 11.8. The number of amides is 1. The van der Waals surface area contributed by atoms with Crippen LogP contribution in [0.3, 0.4) is 0 Å². The fraction of sp³-hybridized carbons (Fsp3) is 0.533. The average Bonchev–Trinajstić information content (AvgIpc) is 2.53. The molecule has 1 heterocycles. The highest BCUT2D eigenvalue weighted by Crippen LogP contribution is 2.27. The van der Waals surface area contributed by atoms with Gasteiger partial charge in [0.25, 0.3) is 0 Å². The highest BCUT2D eigenvalue weighted by atomic mass is 79.9. The molecule has 0 saturated carbocycles. The largest absolute Gasteiger partial charge is 0.366 e. The molecular formula is C15H22BrClN2O2S. The Kier molecular flexibility index (Phi) is 10.2. The maximum atomic E-state index is 11.8. The summed E-state index contributed by atoms with van der Waals surface area (Å²) < 4.78 is 6.55. The fourth-order valence-electron chi connectivity index (χ4n) is 2.03. The monoisotopic (exact) mass is 408 g/mol. The van der Waals surface area contributed by atoms with Crippen molar-refractivity contribution in [2.24, 2.45) is 0 Å². The van der Waals surface area contributed by atoms with E-state index in [0.29, 0.717) is 13.2 Å².